The summed E-state index contributed by atoms with van der Waals surface area (Å²) in [5.41, 5.74) is 0.735. The molecule has 1 amide bonds. The first-order valence-electron chi connectivity index (χ1n) is 4.98. The number of amides is 1. The number of nitrogens with zero attached hydrogens (tertiary/aromatic N) is 3. The van der Waals surface area contributed by atoms with Crippen molar-refractivity contribution in [3.63, 3.8) is 0 Å². The first-order valence-corrected chi connectivity index (χ1v) is 5.36. The number of methoxy groups -OCH3 is 1. The summed E-state index contributed by atoms with van der Waals surface area (Å²) in [5.74, 6) is 0.0300. The summed E-state index contributed by atoms with van der Waals surface area (Å²) < 4.78 is 4.95. The van der Waals surface area contributed by atoms with E-state index >= 15 is 0 Å². The molecule has 2 rings (SSSR count). The van der Waals surface area contributed by atoms with Crippen LogP contribution in [0.5, 0.6) is 5.88 Å². The Morgan fingerprint density at radius 3 is 2.83 bits per heavy atom. The average molecular weight is 265 g/mol. The average Bonchev–Trinajstić information content (AvgIpc) is 2.39. The van der Waals surface area contributed by atoms with Crippen LogP contribution in [0.2, 0.25) is 5.15 Å². The van der Waals surface area contributed by atoms with Crippen LogP contribution >= 0.6 is 11.6 Å². The molecule has 1 N–H and O–H groups in total. The molecule has 6 nitrogen and oxygen atoms in total. The van der Waals surface area contributed by atoms with Gasteiger partial charge in [0.1, 0.15) is 10.8 Å². The van der Waals surface area contributed by atoms with E-state index in [1.165, 1.54) is 25.7 Å². The van der Waals surface area contributed by atoms with Crippen molar-refractivity contribution in [2.45, 2.75) is 0 Å². The number of carbonyl (C=O) groups excluding carboxylic acids is 1. The van der Waals surface area contributed by atoms with Crippen LogP contribution in [-0.2, 0) is 0 Å². The highest BCUT2D eigenvalue weighted by Crippen LogP contribution is 2.14. The molecule has 0 fully saturated rings. The summed E-state index contributed by atoms with van der Waals surface area (Å²) >= 11 is 5.59. The molecule has 2 aromatic rings. The Morgan fingerprint density at radius 1 is 1.33 bits per heavy atom. The Balaban J connectivity index is 2.13. The molecule has 2 aromatic heterocycles. The van der Waals surface area contributed by atoms with Gasteiger partial charge >= 0.3 is 0 Å². The summed E-state index contributed by atoms with van der Waals surface area (Å²) in [5, 5.41) is 2.88. The maximum Gasteiger partial charge on any atom is 0.275 e. The number of halogens is 1. The third-order valence-electron chi connectivity index (χ3n) is 2.05. The second-order valence-electron chi connectivity index (χ2n) is 3.27. The summed E-state index contributed by atoms with van der Waals surface area (Å²) in [6.07, 6.45) is 4.14. The highest BCUT2D eigenvalue weighted by atomic mass is 35.5. The van der Waals surface area contributed by atoms with Crippen molar-refractivity contribution in [1.82, 2.24) is 15.0 Å². The fourth-order valence-electron chi connectivity index (χ4n) is 1.22. The van der Waals surface area contributed by atoms with E-state index in [0.29, 0.717) is 11.6 Å². The van der Waals surface area contributed by atoms with Gasteiger partial charge in [0.15, 0.2) is 0 Å². The lowest BCUT2D eigenvalue weighted by molar-refractivity contribution is 0.102. The van der Waals surface area contributed by atoms with Crippen LogP contribution < -0.4 is 10.1 Å². The van der Waals surface area contributed by atoms with Gasteiger partial charge in [0, 0.05) is 18.0 Å². The van der Waals surface area contributed by atoms with E-state index in [9.17, 15) is 4.79 Å². The number of rotatable bonds is 3. The van der Waals surface area contributed by atoms with E-state index in [4.69, 9.17) is 16.3 Å². The van der Waals surface area contributed by atoms with Gasteiger partial charge in [-0.25, -0.2) is 15.0 Å². The maximum atomic E-state index is 11.8. The molecule has 0 aromatic carbocycles. The van der Waals surface area contributed by atoms with Crippen LogP contribution in [0.25, 0.3) is 0 Å². The monoisotopic (exact) mass is 264 g/mol. The molecular formula is C11H9ClN4O2. The molecule has 0 aliphatic rings. The zero-order valence-corrected chi connectivity index (χ0v) is 10.2. The lowest BCUT2D eigenvalue weighted by atomic mass is 10.3. The number of hydrogen-bond donors (Lipinski definition) is 1. The predicted octanol–water partition coefficient (Wildman–Crippen LogP) is 1.79. The first-order chi connectivity index (χ1) is 8.69. The van der Waals surface area contributed by atoms with Gasteiger partial charge in [0.05, 0.1) is 19.5 Å². The molecule has 0 atom stereocenters. The molecule has 0 spiro atoms. The van der Waals surface area contributed by atoms with Gasteiger partial charge in [-0.1, -0.05) is 11.6 Å². The molecule has 2 heterocycles. The van der Waals surface area contributed by atoms with Crippen LogP contribution in [0.15, 0.2) is 30.7 Å². The van der Waals surface area contributed by atoms with Crippen molar-refractivity contribution in [2.75, 3.05) is 12.4 Å². The van der Waals surface area contributed by atoms with E-state index < -0.39 is 0 Å². The summed E-state index contributed by atoms with van der Waals surface area (Å²) in [6, 6.07) is 3.24. The molecule has 7 heteroatoms. The molecule has 18 heavy (non-hydrogen) atoms. The lowest BCUT2D eigenvalue weighted by Crippen LogP contribution is -2.14. The summed E-state index contributed by atoms with van der Waals surface area (Å²) in [7, 11) is 1.50. The second kappa shape index (κ2) is 5.42. The van der Waals surface area contributed by atoms with Crippen molar-refractivity contribution < 1.29 is 9.53 Å². The lowest BCUT2D eigenvalue weighted by Gasteiger charge is -2.05. The van der Waals surface area contributed by atoms with E-state index in [2.05, 4.69) is 20.3 Å². The number of pyridine rings is 1. The van der Waals surface area contributed by atoms with Crippen LogP contribution in [0, 0.1) is 0 Å². The van der Waals surface area contributed by atoms with Gasteiger partial charge in [0.25, 0.3) is 5.91 Å². The Bertz CT molecular complexity index is 559. The predicted molar refractivity (Wildman–Crippen MR) is 65.8 cm³/mol. The molecule has 0 unspecified atom stereocenters. The molecule has 0 radical (unpaired) electrons. The van der Waals surface area contributed by atoms with Gasteiger partial charge in [-0.3, -0.25) is 4.79 Å². The number of aromatic nitrogens is 3. The van der Waals surface area contributed by atoms with Crippen LogP contribution in [0.3, 0.4) is 0 Å². The zero-order chi connectivity index (χ0) is 13.0. The number of nitrogens with one attached hydrogen (secondary N) is 1. The molecule has 92 valence electrons. The molecule has 0 bridgehead atoms. The molecular weight excluding hydrogens is 256 g/mol. The molecule has 0 aliphatic heterocycles. The third-order valence-corrected chi connectivity index (χ3v) is 2.25. The smallest absolute Gasteiger partial charge is 0.275 e. The Hall–Kier alpha value is -2.21. The molecule has 0 saturated carbocycles. The van der Waals surface area contributed by atoms with Crippen LogP contribution in [0.4, 0.5) is 5.69 Å². The fourth-order valence-corrected chi connectivity index (χ4v) is 1.32. The van der Waals surface area contributed by atoms with Crippen LogP contribution in [0.1, 0.15) is 10.5 Å². The Kier molecular flexibility index (Phi) is 3.69. The largest absolute Gasteiger partial charge is 0.481 e. The van der Waals surface area contributed by atoms with Crippen molar-refractivity contribution >= 4 is 23.2 Å². The van der Waals surface area contributed by atoms with E-state index in [-0.39, 0.29) is 16.8 Å². The first kappa shape index (κ1) is 12.3. The number of carbonyl (C=O) groups is 1. The number of anilines is 1. The maximum absolute atomic E-state index is 11.8. The van der Waals surface area contributed by atoms with Gasteiger partial charge in [0.2, 0.25) is 5.88 Å². The number of ether oxygens (including phenoxy) is 1. The fraction of sp³-hybridized carbons (Fsp3) is 0.0909. The summed E-state index contributed by atoms with van der Waals surface area (Å²) in [6.45, 7) is 0. The van der Waals surface area contributed by atoms with Crippen molar-refractivity contribution in [2.24, 2.45) is 0 Å². The van der Waals surface area contributed by atoms with Crippen molar-refractivity contribution in [1.29, 1.82) is 0 Å². The van der Waals surface area contributed by atoms with E-state index in [1.807, 2.05) is 0 Å². The van der Waals surface area contributed by atoms with Crippen molar-refractivity contribution in [3.05, 3.63) is 41.6 Å². The minimum atomic E-state index is -0.382. The normalized spacial score (nSPS) is 9.89. The Labute approximate surface area is 108 Å². The van der Waals surface area contributed by atoms with Gasteiger partial charge in [-0.2, -0.15) is 0 Å². The minimum absolute atomic E-state index is 0.176. The number of hydrogen-bond acceptors (Lipinski definition) is 5. The van der Waals surface area contributed by atoms with E-state index in [0.717, 1.165) is 0 Å². The van der Waals surface area contributed by atoms with Crippen molar-refractivity contribution in [3.8, 4) is 5.88 Å². The topological polar surface area (TPSA) is 77.0 Å². The highest BCUT2D eigenvalue weighted by Gasteiger charge is 2.08. The zero-order valence-electron chi connectivity index (χ0n) is 9.42. The van der Waals surface area contributed by atoms with Gasteiger partial charge in [-0.05, 0) is 6.07 Å². The highest BCUT2D eigenvalue weighted by molar-refractivity contribution is 6.29. The van der Waals surface area contributed by atoms with Crippen LogP contribution in [-0.4, -0.2) is 28.0 Å². The van der Waals surface area contributed by atoms with E-state index in [1.54, 1.807) is 12.1 Å². The summed E-state index contributed by atoms with van der Waals surface area (Å²) in [4.78, 5) is 23.4. The standard InChI is InChI=1S/C11H9ClN4O2/c1-18-10-4-7(2-3-13-10)16-11(17)8-5-15-9(12)6-14-8/h2-6H,1H3,(H,13,16,17). The van der Waals surface area contributed by atoms with Gasteiger partial charge < -0.3 is 10.1 Å². The SMILES string of the molecule is COc1cc(NC(=O)c2cnc(Cl)cn2)ccn1. The van der Waals surface area contributed by atoms with Gasteiger partial charge in [-0.15, -0.1) is 0 Å². The molecule has 0 saturated heterocycles. The third kappa shape index (κ3) is 2.92. The quantitative estimate of drug-likeness (QED) is 0.914. The molecule has 0 aliphatic carbocycles. The Morgan fingerprint density at radius 2 is 2.17 bits per heavy atom. The minimum Gasteiger partial charge on any atom is -0.481 e. The second-order valence-corrected chi connectivity index (χ2v) is 3.65.